The normalized spacial score (nSPS) is 18.8. The van der Waals surface area contributed by atoms with Gasteiger partial charge in [0.15, 0.2) is 0 Å². The minimum atomic E-state index is -0.554. The third-order valence-electron chi connectivity index (χ3n) is 7.90. The molecule has 48 heavy (non-hydrogen) atoms. The summed E-state index contributed by atoms with van der Waals surface area (Å²) in [7, 11) is 0. The van der Waals surface area contributed by atoms with Crippen LogP contribution >= 0.6 is 34.0 Å². The molecule has 1 aromatic carbocycles. The van der Waals surface area contributed by atoms with Gasteiger partial charge in [0.25, 0.3) is 17.7 Å². The van der Waals surface area contributed by atoms with Gasteiger partial charge in [0.1, 0.15) is 32.1 Å². The number of carbonyl (C=O) groups excluding carboxylic acids is 4. The molecule has 0 spiro atoms. The van der Waals surface area contributed by atoms with Gasteiger partial charge in [-0.2, -0.15) is 0 Å². The smallest absolute Gasteiger partial charge is 0.273 e. The van der Waals surface area contributed by atoms with Crippen molar-refractivity contribution >= 4 is 57.6 Å². The maximum Gasteiger partial charge on any atom is 0.273 e. The molecule has 5 N–H and O–H groups in total. The van der Waals surface area contributed by atoms with E-state index in [9.17, 15) is 19.2 Å². The van der Waals surface area contributed by atoms with Gasteiger partial charge in [-0.3, -0.25) is 19.2 Å². The molecule has 4 heterocycles. The van der Waals surface area contributed by atoms with Crippen molar-refractivity contribution in [2.75, 3.05) is 19.6 Å². The monoisotopic (exact) mass is 708 g/mol. The number of rotatable bonds is 6. The third kappa shape index (κ3) is 8.69. The zero-order valence-corrected chi connectivity index (χ0v) is 29.7. The summed E-state index contributed by atoms with van der Waals surface area (Å²) in [6, 6.07) is 8.38. The number of amides is 4. The number of hydrogen-bond donors (Lipinski definition) is 4. The second kappa shape index (κ2) is 15.9. The number of fused-ring (bicyclic) bond motifs is 4. The second-order valence-electron chi connectivity index (χ2n) is 12.3. The minimum absolute atomic E-state index is 0.00762. The molecule has 0 saturated carbocycles. The van der Waals surface area contributed by atoms with Crippen LogP contribution in [0.25, 0.3) is 0 Å². The van der Waals surface area contributed by atoms with Crippen LogP contribution in [0.2, 0.25) is 0 Å². The van der Waals surface area contributed by atoms with Gasteiger partial charge in [0.05, 0.1) is 24.7 Å². The van der Waals surface area contributed by atoms with Crippen molar-refractivity contribution in [3.05, 3.63) is 84.1 Å². The van der Waals surface area contributed by atoms with E-state index in [1.165, 1.54) is 38.9 Å². The van der Waals surface area contributed by atoms with Gasteiger partial charge in [0.2, 0.25) is 5.91 Å². The van der Waals surface area contributed by atoms with Gasteiger partial charge < -0.3 is 26.6 Å². The first kappa shape index (κ1) is 35.3. The van der Waals surface area contributed by atoms with E-state index < -0.39 is 23.9 Å². The molecule has 4 aromatic rings. The summed E-state index contributed by atoms with van der Waals surface area (Å²) in [4.78, 5) is 69.0. The van der Waals surface area contributed by atoms with Crippen molar-refractivity contribution in [3.8, 4) is 0 Å². The molecular formula is C33H40N8O4S3. The number of nitrogens with zero attached hydrogens (tertiary/aromatic N) is 4. The van der Waals surface area contributed by atoms with Crippen molar-refractivity contribution in [2.45, 2.75) is 58.7 Å². The Kier molecular flexibility index (Phi) is 11.7. The van der Waals surface area contributed by atoms with E-state index in [1.807, 2.05) is 58.0 Å². The standard InChI is InChI=1S/C33H40N8O4S3/c1-18(2)26(34)31-39-24(17-47-31)33(45)41-12-8-11-35-28(43)22-15-48-32(38-22)27(19(3)4)40-29(44)23-16-46-30(37-23)21(36-25(42)14-41)13-20-9-6-5-7-10-20/h5-7,9-10,15-19,21,26-27H,8,11-14,34H2,1-4H3,(H,35,43)(H,36,42)(H,40,44)/t21-,26-,27?/m0/s1. The maximum absolute atomic E-state index is 13.8. The van der Waals surface area contributed by atoms with Gasteiger partial charge >= 0.3 is 0 Å². The Morgan fingerprint density at radius 1 is 0.917 bits per heavy atom. The molecule has 5 rings (SSSR count). The van der Waals surface area contributed by atoms with E-state index in [-0.39, 0.29) is 66.4 Å². The first-order chi connectivity index (χ1) is 23.0. The fourth-order valence-corrected chi connectivity index (χ4v) is 7.92. The van der Waals surface area contributed by atoms with Crippen LogP contribution in [0.4, 0.5) is 0 Å². The molecule has 3 aromatic heterocycles. The number of carbonyl (C=O) groups is 4. The minimum Gasteiger partial charge on any atom is -0.351 e. The number of nitrogens with one attached hydrogen (secondary N) is 3. The van der Waals surface area contributed by atoms with Gasteiger partial charge in [-0.1, -0.05) is 58.0 Å². The van der Waals surface area contributed by atoms with E-state index in [4.69, 9.17) is 5.73 Å². The molecule has 0 fully saturated rings. The number of nitrogens with two attached hydrogens (primary N) is 1. The molecule has 1 unspecified atom stereocenters. The molecule has 12 nitrogen and oxygen atoms in total. The van der Waals surface area contributed by atoms with Crippen LogP contribution < -0.4 is 21.7 Å². The predicted molar refractivity (Wildman–Crippen MR) is 187 cm³/mol. The molecule has 1 aliphatic heterocycles. The van der Waals surface area contributed by atoms with Crippen LogP contribution in [0, 0.1) is 11.8 Å². The lowest BCUT2D eigenvalue weighted by molar-refractivity contribution is -0.122. The Labute approximate surface area is 291 Å². The van der Waals surface area contributed by atoms with Crippen molar-refractivity contribution in [2.24, 2.45) is 17.6 Å². The summed E-state index contributed by atoms with van der Waals surface area (Å²) < 4.78 is 0. The molecular weight excluding hydrogens is 669 g/mol. The molecule has 4 amide bonds. The number of benzene rings is 1. The Morgan fingerprint density at radius 3 is 2.31 bits per heavy atom. The van der Waals surface area contributed by atoms with Gasteiger partial charge in [-0.25, -0.2) is 15.0 Å². The van der Waals surface area contributed by atoms with E-state index in [2.05, 4.69) is 30.9 Å². The van der Waals surface area contributed by atoms with E-state index in [1.54, 1.807) is 16.1 Å². The highest BCUT2D eigenvalue weighted by Gasteiger charge is 2.28. The molecule has 15 heteroatoms. The average molecular weight is 709 g/mol. The van der Waals surface area contributed by atoms with Crippen LogP contribution in [0.5, 0.6) is 0 Å². The number of hydrogen-bond acceptors (Lipinski definition) is 11. The van der Waals surface area contributed by atoms with Gasteiger partial charge in [0, 0.05) is 29.2 Å². The first-order valence-corrected chi connectivity index (χ1v) is 18.5. The Bertz CT molecular complexity index is 1730. The average Bonchev–Trinajstić information content (AvgIpc) is 3.85. The second-order valence-corrected chi connectivity index (χ2v) is 15.0. The van der Waals surface area contributed by atoms with Crippen LogP contribution in [-0.2, 0) is 11.2 Å². The van der Waals surface area contributed by atoms with E-state index in [0.29, 0.717) is 27.9 Å². The highest BCUT2D eigenvalue weighted by molar-refractivity contribution is 7.10. The summed E-state index contributed by atoms with van der Waals surface area (Å²) in [5, 5.41) is 15.8. The highest BCUT2D eigenvalue weighted by Crippen LogP contribution is 2.28. The Hall–Kier alpha value is -4.05. The predicted octanol–water partition coefficient (Wildman–Crippen LogP) is 4.51. The van der Waals surface area contributed by atoms with E-state index in [0.717, 1.165) is 5.56 Å². The quantitative estimate of drug-likeness (QED) is 0.227. The van der Waals surface area contributed by atoms with Crippen molar-refractivity contribution < 1.29 is 19.2 Å². The lowest BCUT2D eigenvalue weighted by atomic mass is 10.0. The van der Waals surface area contributed by atoms with Gasteiger partial charge in [-0.05, 0) is 30.2 Å². The molecule has 4 bridgehead atoms. The molecule has 0 saturated heterocycles. The SMILES string of the molecule is CC(C)C1NC(=O)c2csc(n2)[C@H](Cc2ccccc2)NC(=O)CN(C(=O)c2csc([C@@H](N)C(C)C)n2)CCCNC(=O)c2csc1n2. The molecule has 3 atom stereocenters. The van der Waals surface area contributed by atoms with Crippen LogP contribution in [0.15, 0.2) is 46.5 Å². The third-order valence-corrected chi connectivity index (χ3v) is 10.7. The van der Waals surface area contributed by atoms with Crippen molar-refractivity contribution in [1.29, 1.82) is 0 Å². The van der Waals surface area contributed by atoms with Crippen molar-refractivity contribution in [1.82, 2.24) is 35.8 Å². The summed E-state index contributed by atoms with van der Waals surface area (Å²) in [6.07, 6.45) is 0.818. The van der Waals surface area contributed by atoms with Crippen LogP contribution in [0.1, 0.15) is 104 Å². The number of thiazole rings is 3. The van der Waals surface area contributed by atoms with Crippen LogP contribution in [0.3, 0.4) is 0 Å². The molecule has 1 aliphatic rings. The topological polar surface area (TPSA) is 172 Å². The fraction of sp³-hybridized carbons (Fsp3) is 0.424. The largest absolute Gasteiger partial charge is 0.351 e. The van der Waals surface area contributed by atoms with Crippen molar-refractivity contribution in [3.63, 3.8) is 0 Å². The maximum atomic E-state index is 13.8. The Balaban J connectivity index is 1.46. The summed E-state index contributed by atoms with van der Waals surface area (Å²) in [6.45, 7) is 8.11. The lowest BCUT2D eigenvalue weighted by Gasteiger charge is -2.24. The summed E-state index contributed by atoms with van der Waals surface area (Å²) in [5.74, 6) is -1.41. The first-order valence-electron chi connectivity index (χ1n) is 15.8. The Morgan fingerprint density at radius 2 is 1.60 bits per heavy atom. The summed E-state index contributed by atoms with van der Waals surface area (Å²) >= 11 is 3.91. The van der Waals surface area contributed by atoms with E-state index >= 15 is 0 Å². The zero-order chi connectivity index (χ0) is 34.4. The molecule has 254 valence electrons. The zero-order valence-electron chi connectivity index (χ0n) is 27.3. The molecule has 0 aliphatic carbocycles. The number of aromatic nitrogens is 3. The fourth-order valence-electron chi connectivity index (χ4n) is 5.08. The molecule has 0 radical (unpaired) electrons. The lowest BCUT2D eigenvalue weighted by Crippen LogP contribution is -2.43. The van der Waals surface area contributed by atoms with Crippen LogP contribution in [-0.4, -0.2) is 63.1 Å². The summed E-state index contributed by atoms with van der Waals surface area (Å²) in [5.41, 5.74) is 7.94. The highest BCUT2D eigenvalue weighted by atomic mass is 32.1. The van der Waals surface area contributed by atoms with Gasteiger partial charge in [-0.15, -0.1) is 34.0 Å².